The number of alkyl halides is 3. The number of rotatable bonds is 7. The van der Waals surface area contributed by atoms with Crippen molar-refractivity contribution in [3.8, 4) is 5.75 Å². The molecular formula is C12H14F3N3O5. The summed E-state index contributed by atoms with van der Waals surface area (Å²) >= 11 is 0. The highest BCUT2D eigenvalue weighted by atomic mass is 19.4. The number of nitro benzene ring substituents is 2. The van der Waals surface area contributed by atoms with Crippen LogP contribution in [0.3, 0.4) is 0 Å². The van der Waals surface area contributed by atoms with Crippen molar-refractivity contribution >= 4 is 17.1 Å². The molecule has 0 saturated heterocycles. The van der Waals surface area contributed by atoms with E-state index in [0.29, 0.717) is 12.8 Å². The van der Waals surface area contributed by atoms with Crippen LogP contribution >= 0.6 is 0 Å². The molecule has 0 aliphatic carbocycles. The molecule has 0 fully saturated rings. The van der Waals surface area contributed by atoms with Crippen LogP contribution in [0.15, 0.2) is 6.07 Å². The molecule has 1 N–H and O–H groups in total. The minimum Gasteiger partial charge on any atom is -0.490 e. The Balaban J connectivity index is 3.71. The van der Waals surface area contributed by atoms with E-state index < -0.39 is 44.4 Å². The molecule has 0 aromatic heterocycles. The molecule has 1 rings (SSSR count). The van der Waals surface area contributed by atoms with Gasteiger partial charge in [-0.1, -0.05) is 13.3 Å². The number of unbranched alkanes of at least 4 members (excludes halogenated alkanes) is 1. The third-order valence-electron chi connectivity index (χ3n) is 2.95. The Morgan fingerprint density at radius 2 is 1.87 bits per heavy atom. The van der Waals surface area contributed by atoms with Gasteiger partial charge < -0.3 is 10.1 Å². The van der Waals surface area contributed by atoms with Gasteiger partial charge in [0.1, 0.15) is 5.56 Å². The summed E-state index contributed by atoms with van der Waals surface area (Å²) in [6.07, 6.45) is -3.83. The number of hydrogen-bond acceptors (Lipinski definition) is 6. The Bertz CT molecular complexity index is 619. The number of nitrogens with one attached hydrogen (secondary N) is 1. The van der Waals surface area contributed by atoms with Crippen LogP contribution in [0.4, 0.5) is 30.2 Å². The van der Waals surface area contributed by atoms with E-state index in [4.69, 9.17) is 0 Å². The minimum absolute atomic E-state index is 0.132. The molecule has 0 bridgehead atoms. The quantitative estimate of drug-likeness (QED) is 0.461. The Hall–Kier alpha value is -2.59. The summed E-state index contributed by atoms with van der Waals surface area (Å²) in [5, 5.41) is 24.7. The fourth-order valence-corrected chi connectivity index (χ4v) is 1.94. The molecule has 11 heteroatoms. The smallest absolute Gasteiger partial charge is 0.420 e. The number of nitrogens with zero attached hydrogens (tertiary/aromatic N) is 2. The molecule has 1 aromatic carbocycles. The number of ether oxygens (including phenoxy) is 1. The Morgan fingerprint density at radius 3 is 2.26 bits per heavy atom. The highest BCUT2D eigenvalue weighted by Gasteiger charge is 2.43. The molecule has 0 amide bonds. The number of anilines is 1. The Morgan fingerprint density at radius 1 is 1.26 bits per heavy atom. The van der Waals surface area contributed by atoms with Gasteiger partial charge in [0.15, 0.2) is 5.69 Å². The summed E-state index contributed by atoms with van der Waals surface area (Å²) in [5.41, 5.74) is -4.30. The molecule has 0 aliphatic heterocycles. The van der Waals surface area contributed by atoms with Gasteiger partial charge in [-0.25, -0.2) is 0 Å². The van der Waals surface area contributed by atoms with E-state index in [0.717, 1.165) is 7.11 Å². The van der Waals surface area contributed by atoms with Crippen LogP contribution in [0.25, 0.3) is 0 Å². The van der Waals surface area contributed by atoms with Crippen LogP contribution in [0.1, 0.15) is 25.3 Å². The standard InChI is InChI=1S/C12H14F3N3O5/c1-3-4-5-16-9-8(17(19)20)6-7(12(13,14)15)11(23-2)10(9)18(21)22/h6,16H,3-5H2,1-2H3. The van der Waals surface area contributed by atoms with Crippen LogP contribution < -0.4 is 10.1 Å². The fourth-order valence-electron chi connectivity index (χ4n) is 1.94. The van der Waals surface area contributed by atoms with Crippen molar-refractivity contribution in [2.75, 3.05) is 19.0 Å². The number of benzene rings is 1. The van der Waals surface area contributed by atoms with Crippen LogP contribution in [0.5, 0.6) is 5.75 Å². The van der Waals surface area contributed by atoms with Gasteiger partial charge in [-0.05, 0) is 6.42 Å². The molecule has 8 nitrogen and oxygen atoms in total. The van der Waals surface area contributed by atoms with Crippen molar-refractivity contribution < 1.29 is 27.8 Å². The largest absolute Gasteiger partial charge is 0.490 e. The predicted molar refractivity (Wildman–Crippen MR) is 74.7 cm³/mol. The Labute approximate surface area is 128 Å². The van der Waals surface area contributed by atoms with Crippen molar-refractivity contribution in [2.45, 2.75) is 25.9 Å². The predicted octanol–water partition coefficient (Wildman–Crippen LogP) is 3.74. The molecule has 0 unspecified atom stereocenters. The number of halogens is 3. The zero-order valence-corrected chi connectivity index (χ0v) is 12.3. The lowest BCUT2D eigenvalue weighted by Gasteiger charge is -2.15. The van der Waals surface area contributed by atoms with Gasteiger partial charge in [-0.15, -0.1) is 0 Å². The summed E-state index contributed by atoms with van der Waals surface area (Å²) in [7, 11) is 0.833. The highest BCUT2D eigenvalue weighted by molar-refractivity contribution is 5.80. The number of hydrogen-bond donors (Lipinski definition) is 1. The van der Waals surface area contributed by atoms with Crippen molar-refractivity contribution in [1.29, 1.82) is 0 Å². The molecule has 1 aromatic rings. The van der Waals surface area contributed by atoms with Crippen LogP contribution in [-0.4, -0.2) is 23.5 Å². The van der Waals surface area contributed by atoms with E-state index in [2.05, 4.69) is 10.1 Å². The molecule has 0 radical (unpaired) electrons. The molecule has 128 valence electrons. The van der Waals surface area contributed by atoms with E-state index in [1.807, 2.05) is 6.92 Å². The number of nitro groups is 2. The van der Waals surface area contributed by atoms with Crippen LogP contribution in [0, 0.1) is 20.2 Å². The molecule has 0 atom stereocenters. The molecule has 0 heterocycles. The maximum absolute atomic E-state index is 13.0. The SMILES string of the molecule is CCCCNc1c([N+](=O)[O-])cc(C(F)(F)F)c(OC)c1[N+](=O)[O-]. The fraction of sp³-hybridized carbons (Fsp3) is 0.500. The van der Waals surface area contributed by atoms with Crippen molar-refractivity contribution in [2.24, 2.45) is 0 Å². The first-order valence-corrected chi connectivity index (χ1v) is 6.49. The zero-order valence-electron chi connectivity index (χ0n) is 12.3. The summed E-state index contributed by atoms with van der Waals surface area (Å²) in [4.78, 5) is 20.0. The first kappa shape index (κ1) is 18.5. The maximum Gasteiger partial charge on any atom is 0.420 e. The van der Waals surface area contributed by atoms with Gasteiger partial charge >= 0.3 is 11.9 Å². The van der Waals surface area contributed by atoms with Gasteiger partial charge in [-0.3, -0.25) is 20.2 Å². The molecule has 0 spiro atoms. The van der Waals surface area contributed by atoms with Gasteiger partial charge in [0.05, 0.1) is 17.0 Å². The lowest BCUT2D eigenvalue weighted by molar-refractivity contribution is -0.393. The van der Waals surface area contributed by atoms with E-state index >= 15 is 0 Å². The average Bonchev–Trinajstić information content (AvgIpc) is 2.44. The lowest BCUT2D eigenvalue weighted by Crippen LogP contribution is -2.14. The molecular weight excluding hydrogens is 323 g/mol. The van der Waals surface area contributed by atoms with Crippen molar-refractivity contribution in [3.63, 3.8) is 0 Å². The second-order valence-corrected chi connectivity index (χ2v) is 4.49. The van der Waals surface area contributed by atoms with Gasteiger partial charge in [0, 0.05) is 12.6 Å². The van der Waals surface area contributed by atoms with Crippen LogP contribution in [-0.2, 0) is 6.18 Å². The van der Waals surface area contributed by atoms with Gasteiger partial charge in [-0.2, -0.15) is 13.2 Å². The zero-order chi connectivity index (χ0) is 17.8. The topological polar surface area (TPSA) is 108 Å². The molecule has 0 aliphatic rings. The number of methoxy groups -OCH3 is 1. The van der Waals surface area contributed by atoms with Gasteiger partial charge in [0.25, 0.3) is 5.69 Å². The van der Waals surface area contributed by atoms with E-state index in [9.17, 15) is 33.4 Å². The summed E-state index contributed by atoms with van der Waals surface area (Å²) in [6.45, 7) is 1.95. The maximum atomic E-state index is 13.0. The van der Waals surface area contributed by atoms with E-state index in [1.165, 1.54) is 0 Å². The highest BCUT2D eigenvalue weighted by Crippen LogP contribution is 2.49. The second kappa shape index (κ2) is 7.11. The van der Waals surface area contributed by atoms with Crippen molar-refractivity contribution in [3.05, 3.63) is 31.9 Å². The summed E-state index contributed by atoms with van der Waals surface area (Å²) in [5.74, 6) is -1.06. The van der Waals surface area contributed by atoms with Crippen molar-refractivity contribution in [1.82, 2.24) is 0 Å². The first-order valence-electron chi connectivity index (χ1n) is 6.49. The average molecular weight is 337 g/mol. The third kappa shape index (κ3) is 3.99. The molecule has 23 heavy (non-hydrogen) atoms. The summed E-state index contributed by atoms with van der Waals surface area (Å²) in [6, 6.07) is 0.236. The monoisotopic (exact) mass is 337 g/mol. The Kier molecular flexibility index (Phi) is 5.71. The molecule has 0 saturated carbocycles. The van der Waals surface area contributed by atoms with Gasteiger partial charge in [0.2, 0.25) is 5.75 Å². The first-order chi connectivity index (χ1) is 10.6. The van der Waals surface area contributed by atoms with E-state index in [1.54, 1.807) is 0 Å². The van der Waals surface area contributed by atoms with Crippen LogP contribution in [0.2, 0.25) is 0 Å². The third-order valence-corrected chi connectivity index (χ3v) is 2.95. The van der Waals surface area contributed by atoms with E-state index in [-0.39, 0.29) is 12.6 Å². The summed E-state index contributed by atoms with van der Waals surface area (Å²) < 4.78 is 43.6. The normalized spacial score (nSPS) is 11.2. The second-order valence-electron chi connectivity index (χ2n) is 4.49. The minimum atomic E-state index is -5.04. The lowest BCUT2D eigenvalue weighted by atomic mass is 10.1.